The summed E-state index contributed by atoms with van der Waals surface area (Å²) < 4.78 is 18.4. The maximum atomic E-state index is 12.0. The summed E-state index contributed by atoms with van der Waals surface area (Å²) in [6.07, 6.45) is 10.6. The minimum absolute atomic E-state index is 0.0264. The third-order valence-electron chi connectivity index (χ3n) is 6.95. The van der Waals surface area contributed by atoms with E-state index in [9.17, 15) is 4.79 Å². The molecule has 0 aromatic carbocycles. The second-order valence-corrected chi connectivity index (χ2v) is 8.25. The molecule has 0 N–H and O–H groups in total. The van der Waals surface area contributed by atoms with Crippen LogP contribution in [0.1, 0.15) is 65.2 Å². The van der Waals surface area contributed by atoms with E-state index in [1.165, 1.54) is 24.8 Å². The Morgan fingerprint density at radius 1 is 1.29 bits per heavy atom. The smallest absolute Gasteiger partial charge is 0.305 e. The SMILES string of the molecule is CCC(=O)O[C@@H]1C/C(C)=C\CC23CCCC1C2C1(CC3)OCCO1. The Morgan fingerprint density at radius 3 is 2.83 bits per heavy atom. The van der Waals surface area contributed by atoms with Gasteiger partial charge in [0.05, 0.1) is 13.2 Å². The molecule has 1 aliphatic heterocycles. The van der Waals surface area contributed by atoms with E-state index in [2.05, 4.69) is 13.0 Å². The lowest BCUT2D eigenvalue weighted by atomic mass is 9.58. The van der Waals surface area contributed by atoms with Crippen LogP contribution >= 0.6 is 0 Å². The Morgan fingerprint density at radius 2 is 2.08 bits per heavy atom. The molecule has 3 aliphatic carbocycles. The van der Waals surface area contributed by atoms with Gasteiger partial charge in [0.25, 0.3) is 0 Å². The molecule has 2 saturated carbocycles. The molecule has 0 radical (unpaired) electrons. The molecule has 0 aromatic rings. The highest BCUT2D eigenvalue weighted by Gasteiger charge is 2.64. The lowest BCUT2D eigenvalue weighted by Gasteiger charge is -2.51. The van der Waals surface area contributed by atoms with Gasteiger partial charge in [-0.25, -0.2) is 0 Å². The van der Waals surface area contributed by atoms with E-state index < -0.39 is 5.79 Å². The van der Waals surface area contributed by atoms with Gasteiger partial charge in [0.2, 0.25) is 0 Å². The minimum atomic E-state index is -0.416. The number of hydrogen-bond donors (Lipinski definition) is 0. The third kappa shape index (κ3) is 2.53. The van der Waals surface area contributed by atoms with Crippen LogP contribution in [0.2, 0.25) is 0 Å². The summed E-state index contributed by atoms with van der Waals surface area (Å²) in [6, 6.07) is 0. The number of carbonyl (C=O) groups excluding carboxylic acids is 1. The van der Waals surface area contributed by atoms with Crippen molar-refractivity contribution in [2.75, 3.05) is 13.2 Å². The summed E-state index contributed by atoms with van der Waals surface area (Å²) in [5.74, 6) is 0.227. The van der Waals surface area contributed by atoms with E-state index in [1.54, 1.807) is 0 Å². The van der Waals surface area contributed by atoms with Crippen molar-refractivity contribution in [1.82, 2.24) is 0 Å². The predicted molar refractivity (Wildman–Crippen MR) is 90.3 cm³/mol. The Hall–Kier alpha value is -0.870. The van der Waals surface area contributed by atoms with Gasteiger partial charge in [0, 0.05) is 31.1 Å². The molecular weight excluding hydrogens is 304 g/mol. The zero-order valence-electron chi connectivity index (χ0n) is 15.0. The molecule has 0 amide bonds. The maximum Gasteiger partial charge on any atom is 0.305 e. The fourth-order valence-electron chi connectivity index (χ4n) is 5.95. The van der Waals surface area contributed by atoms with Crippen molar-refractivity contribution in [2.45, 2.75) is 77.1 Å². The van der Waals surface area contributed by atoms with Crippen molar-refractivity contribution < 1.29 is 19.0 Å². The monoisotopic (exact) mass is 334 g/mol. The molecule has 4 nitrogen and oxygen atoms in total. The van der Waals surface area contributed by atoms with Crippen LogP contribution in [0.25, 0.3) is 0 Å². The number of hydrogen-bond acceptors (Lipinski definition) is 4. The Balaban J connectivity index is 1.73. The summed E-state index contributed by atoms with van der Waals surface area (Å²) in [5.41, 5.74) is 1.63. The summed E-state index contributed by atoms with van der Waals surface area (Å²) in [7, 11) is 0. The van der Waals surface area contributed by atoms with Gasteiger partial charge < -0.3 is 14.2 Å². The largest absolute Gasteiger partial charge is 0.462 e. The molecular formula is C20H30O4. The molecule has 1 heterocycles. The molecule has 4 rings (SSSR count). The second kappa shape index (κ2) is 6.14. The van der Waals surface area contributed by atoms with Crippen molar-refractivity contribution in [1.29, 1.82) is 0 Å². The van der Waals surface area contributed by atoms with Crippen molar-refractivity contribution >= 4 is 5.97 Å². The molecule has 3 unspecified atom stereocenters. The van der Waals surface area contributed by atoms with Crippen LogP contribution in [-0.4, -0.2) is 31.1 Å². The summed E-state index contributed by atoms with van der Waals surface area (Å²) in [4.78, 5) is 12.0. The van der Waals surface area contributed by atoms with Crippen LogP contribution in [0.3, 0.4) is 0 Å². The van der Waals surface area contributed by atoms with Gasteiger partial charge in [0.15, 0.2) is 5.79 Å². The zero-order valence-corrected chi connectivity index (χ0v) is 15.0. The molecule has 0 aromatic heterocycles. The topological polar surface area (TPSA) is 44.8 Å². The highest BCUT2D eigenvalue weighted by Crippen LogP contribution is 2.64. The molecule has 1 spiro atoms. The molecule has 134 valence electrons. The highest BCUT2D eigenvalue weighted by molar-refractivity contribution is 5.69. The fourth-order valence-corrected chi connectivity index (χ4v) is 5.95. The number of esters is 1. The van der Waals surface area contributed by atoms with Gasteiger partial charge in [-0.05, 0) is 38.0 Å². The van der Waals surface area contributed by atoms with E-state index in [4.69, 9.17) is 14.2 Å². The van der Waals surface area contributed by atoms with E-state index >= 15 is 0 Å². The minimum Gasteiger partial charge on any atom is -0.462 e. The van der Waals surface area contributed by atoms with Crippen LogP contribution in [0.15, 0.2) is 11.6 Å². The van der Waals surface area contributed by atoms with Crippen molar-refractivity contribution in [3.05, 3.63) is 11.6 Å². The van der Waals surface area contributed by atoms with Gasteiger partial charge in [0.1, 0.15) is 6.10 Å². The third-order valence-corrected chi connectivity index (χ3v) is 6.95. The normalized spacial score (nSPS) is 42.8. The van der Waals surface area contributed by atoms with Crippen LogP contribution < -0.4 is 0 Å². The summed E-state index contributed by atoms with van der Waals surface area (Å²) >= 11 is 0. The first-order chi connectivity index (χ1) is 11.6. The fraction of sp³-hybridized carbons (Fsp3) is 0.850. The van der Waals surface area contributed by atoms with Gasteiger partial charge >= 0.3 is 5.97 Å². The number of ether oxygens (including phenoxy) is 3. The standard InChI is InChI=1S/C20H30O4/c1-3-17(21)24-16-13-14(2)6-8-19-7-4-5-15(16)18(19)20(10-9-19)22-11-12-23-20/h6,15-16,18H,3-5,7-13H2,1-2H3/b14-6-/t15?,16-,18?,19?/m1/s1. The van der Waals surface area contributed by atoms with Crippen molar-refractivity contribution in [3.8, 4) is 0 Å². The number of carbonyl (C=O) groups is 1. The van der Waals surface area contributed by atoms with Gasteiger partial charge in [-0.3, -0.25) is 4.79 Å². The molecule has 1 saturated heterocycles. The molecule has 24 heavy (non-hydrogen) atoms. The van der Waals surface area contributed by atoms with Gasteiger partial charge in [-0.15, -0.1) is 0 Å². The van der Waals surface area contributed by atoms with Crippen LogP contribution in [0, 0.1) is 17.3 Å². The van der Waals surface area contributed by atoms with Gasteiger partial charge in [-0.1, -0.05) is 25.0 Å². The Kier molecular flexibility index (Phi) is 4.24. The second-order valence-electron chi connectivity index (χ2n) is 8.25. The van der Waals surface area contributed by atoms with Crippen LogP contribution in [0.5, 0.6) is 0 Å². The average Bonchev–Trinajstić information content (AvgIpc) is 3.18. The van der Waals surface area contributed by atoms with Crippen LogP contribution in [0.4, 0.5) is 0 Å². The molecule has 2 bridgehead atoms. The lowest BCUT2D eigenvalue weighted by Crippen LogP contribution is -2.52. The van der Waals surface area contributed by atoms with E-state index in [1.807, 2.05) is 6.92 Å². The van der Waals surface area contributed by atoms with E-state index in [0.29, 0.717) is 31.5 Å². The first kappa shape index (κ1) is 16.6. The first-order valence-electron chi connectivity index (χ1n) is 9.72. The van der Waals surface area contributed by atoms with Crippen LogP contribution in [-0.2, 0) is 19.0 Å². The van der Waals surface area contributed by atoms with E-state index in [-0.39, 0.29) is 17.5 Å². The molecule has 4 aliphatic rings. The predicted octanol–water partition coefficient (Wildman–Crippen LogP) is 3.99. The zero-order chi connectivity index (χ0) is 16.8. The lowest BCUT2D eigenvalue weighted by molar-refractivity contribution is -0.227. The summed E-state index contributed by atoms with van der Waals surface area (Å²) in [6.45, 7) is 5.47. The van der Waals surface area contributed by atoms with Crippen molar-refractivity contribution in [2.24, 2.45) is 17.3 Å². The maximum absolute atomic E-state index is 12.0. The van der Waals surface area contributed by atoms with Gasteiger partial charge in [-0.2, -0.15) is 0 Å². The molecule has 3 fully saturated rings. The quantitative estimate of drug-likeness (QED) is 0.566. The molecule has 4 heteroatoms. The van der Waals surface area contributed by atoms with Crippen molar-refractivity contribution in [3.63, 3.8) is 0 Å². The molecule has 4 atom stereocenters. The Labute approximate surface area is 144 Å². The average molecular weight is 334 g/mol. The number of rotatable bonds is 2. The highest BCUT2D eigenvalue weighted by atomic mass is 16.7. The first-order valence-corrected chi connectivity index (χ1v) is 9.72. The Bertz CT molecular complexity index is 534. The number of allylic oxidation sites excluding steroid dienone is 1. The van der Waals surface area contributed by atoms with E-state index in [0.717, 1.165) is 25.7 Å². The summed E-state index contributed by atoms with van der Waals surface area (Å²) in [5, 5.41) is 0.